The van der Waals surface area contributed by atoms with Gasteiger partial charge in [-0.2, -0.15) is 0 Å². The molecule has 0 rings (SSSR count). The van der Waals surface area contributed by atoms with E-state index in [4.69, 9.17) is 0 Å². The Morgan fingerprint density at radius 3 is 1.73 bits per heavy atom. The summed E-state index contributed by atoms with van der Waals surface area (Å²) in [6, 6.07) is 0. The van der Waals surface area contributed by atoms with Gasteiger partial charge in [-0.25, -0.2) is 0 Å². The Hall–Kier alpha value is 0.835. The number of hydrogen-bond donors (Lipinski definition) is 0. The molecule has 0 aliphatic heterocycles. The van der Waals surface area contributed by atoms with Gasteiger partial charge in [0.2, 0.25) is 0 Å². The van der Waals surface area contributed by atoms with Gasteiger partial charge in [-0.1, -0.05) is 0 Å². The van der Waals surface area contributed by atoms with E-state index in [9.17, 15) is 9.59 Å². The Labute approximate surface area is 94.0 Å². The van der Waals surface area contributed by atoms with E-state index in [0.29, 0.717) is 0 Å². The predicted molar refractivity (Wildman–Crippen MR) is 39.8 cm³/mol. The first-order valence-electron chi connectivity index (χ1n) is 2.64. The van der Waals surface area contributed by atoms with Gasteiger partial charge in [-0.05, 0) is 0 Å². The van der Waals surface area contributed by atoms with Crippen LogP contribution in [0.1, 0.15) is 0 Å². The summed E-state index contributed by atoms with van der Waals surface area (Å²) >= 11 is 3.67. The topological polar surface area (TPSA) is 52.6 Å². The van der Waals surface area contributed by atoms with Crippen molar-refractivity contribution in [2.24, 2.45) is 0 Å². The first kappa shape index (κ1) is 11.8. The molecule has 11 heavy (non-hydrogen) atoms. The van der Waals surface area contributed by atoms with Crippen molar-refractivity contribution >= 4 is 43.8 Å². The van der Waals surface area contributed by atoms with E-state index in [0.717, 1.165) is 0 Å². The van der Waals surface area contributed by atoms with E-state index >= 15 is 0 Å². The number of rotatable bonds is 4. The summed E-state index contributed by atoms with van der Waals surface area (Å²) < 4.78 is 9.27. The Morgan fingerprint density at radius 1 is 1.09 bits per heavy atom. The monoisotopic (exact) mass is 476 g/mol. The van der Waals surface area contributed by atoms with Gasteiger partial charge in [0.25, 0.3) is 0 Å². The average Bonchev–Trinajstić information content (AvgIpc) is 2.04. The van der Waals surface area contributed by atoms with Crippen LogP contribution in [0.2, 0.25) is 0 Å². The number of carbonyl (C=O) groups excluding carboxylic acids is 2. The van der Waals surface area contributed by atoms with Crippen LogP contribution in [0.25, 0.3) is 0 Å². The van der Waals surface area contributed by atoms with Crippen LogP contribution in [-0.4, -0.2) is 22.6 Å². The van der Waals surface area contributed by atoms with Gasteiger partial charge in [0.05, 0.1) is 0 Å². The molecule has 60 valence electrons. The van der Waals surface area contributed by atoms with Gasteiger partial charge >= 0.3 is 94.8 Å². The van der Waals surface area contributed by atoms with Crippen LogP contribution < -0.4 is 0 Å². The van der Waals surface area contributed by atoms with E-state index in [1.54, 1.807) is 0 Å². The van der Waals surface area contributed by atoms with Crippen LogP contribution >= 0.6 is 31.9 Å². The van der Waals surface area contributed by atoms with Crippen molar-refractivity contribution in [3.05, 3.63) is 0 Å². The maximum atomic E-state index is 10.5. The van der Waals surface area contributed by atoms with Crippen molar-refractivity contribution in [3.63, 3.8) is 0 Å². The van der Waals surface area contributed by atoms with E-state index in [1.807, 2.05) is 0 Å². The second-order valence-corrected chi connectivity index (χ2v) is 5.70. The predicted octanol–water partition coefficient (Wildman–Crippen LogP) is 0.775. The Balaban J connectivity index is 3.27. The molecule has 0 N–H and O–H groups in total. The Morgan fingerprint density at radius 2 is 1.45 bits per heavy atom. The molecule has 0 aliphatic carbocycles. The van der Waals surface area contributed by atoms with Crippen molar-refractivity contribution in [1.29, 1.82) is 0 Å². The molecule has 0 fully saturated rings. The van der Waals surface area contributed by atoms with Crippen LogP contribution in [0.4, 0.5) is 0 Å². The SMILES string of the molecule is O=C(CBr)[O][Hg][O]C(=O)CBr. The first-order valence-corrected chi connectivity index (χ1v) is 9.37. The molecule has 0 heterocycles. The van der Waals surface area contributed by atoms with Crippen LogP contribution in [0.3, 0.4) is 0 Å². The number of alkyl halides is 2. The fourth-order valence-corrected chi connectivity index (χ4v) is 4.93. The molecule has 0 amide bonds. The third kappa shape index (κ3) is 7.20. The summed E-state index contributed by atoms with van der Waals surface area (Å²) in [4.78, 5) is 20.9. The minimum atomic E-state index is -2.15. The van der Waals surface area contributed by atoms with E-state index in [-0.39, 0.29) is 22.6 Å². The van der Waals surface area contributed by atoms with E-state index in [2.05, 4.69) is 37.1 Å². The summed E-state index contributed by atoms with van der Waals surface area (Å²) in [5, 5.41) is 0.303. The molecule has 0 aromatic carbocycles. The molecular formula is C4H4Br2HgO4. The van der Waals surface area contributed by atoms with Crippen molar-refractivity contribution in [3.8, 4) is 0 Å². The number of carbonyl (C=O) groups is 2. The second-order valence-electron chi connectivity index (χ2n) is 1.42. The zero-order valence-corrected chi connectivity index (χ0v) is 14.2. The molecule has 0 saturated carbocycles. The zero-order valence-electron chi connectivity index (χ0n) is 5.51. The fraction of sp³-hybridized carbons (Fsp3) is 0.500. The van der Waals surface area contributed by atoms with Crippen molar-refractivity contribution < 1.29 is 40.4 Å². The van der Waals surface area contributed by atoms with E-state index in [1.165, 1.54) is 0 Å². The summed E-state index contributed by atoms with van der Waals surface area (Å²) in [5.74, 6) is -0.733. The minimum absolute atomic E-state index is 0.152. The van der Waals surface area contributed by atoms with Gasteiger partial charge in [0, 0.05) is 0 Å². The van der Waals surface area contributed by atoms with Gasteiger partial charge in [0.15, 0.2) is 0 Å². The van der Waals surface area contributed by atoms with Crippen molar-refractivity contribution in [1.82, 2.24) is 0 Å². The van der Waals surface area contributed by atoms with Crippen LogP contribution in [0, 0.1) is 0 Å². The van der Waals surface area contributed by atoms with Crippen LogP contribution in [-0.2, 0) is 40.4 Å². The molecule has 0 saturated heterocycles. The van der Waals surface area contributed by atoms with E-state index < -0.39 is 25.5 Å². The molecular weight excluding hydrogens is 472 g/mol. The summed E-state index contributed by atoms with van der Waals surface area (Å²) in [6.07, 6.45) is 0. The molecule has 0 bridgehead atoms. The Bertz CT molecular complexity index is 135. The van der Waals surface area contributed by atoms with Crippen molar-refractivity contribution in [2.45, 2.75) is 0 Å². The molecule has 0 aromatic heterocycles. The quantitative estimate of drug-likeness (QED) is 0.445. The number of halogens is 2. The molecule has 0 unspecified atom stereocenters. The molecule has 0 spiro atoms. The standard InChI is InChI=1S/2C2H3BrO2.Hg/c2*3-1-2(4)5;/h2*1H2,(H,4,5);/q;;+2/p-2. The van der Waals surface area contributed by atoms with Gasteiger partial charge in [0.1, 0.15) is 0 Å². The first-order chi connectivity index (χ1) is 5.20. The maximum absolute atomic E-state index is 10.5. The summed E-state index contributed by atoms with van der Waals surface area (Å²) in [5.41, 5.74) is 0. The average molecular weight is 476 g/mol. The normalized spacial score (nSPS) is 8.18. The molecule has 0 aromatic rings. The van der Waals surface area contributed by atoms with Crippen molar-refractivity contribution in [2.75, 3.05) is 10.7 Å². The summed E-state index contributed by atoms with van der Waals surface area (Å²) in [6.45, 7) is 0. The van der Waals surface area contributed by atoms with Gasteiger partial charge in [-0.15, -0.1) is 0 Å². The van der Waals surface area contributed by atoms with Crippen LogP contribution in [0.5, 0.6) is 0 Å². The summed E-state index contributed by atoms with van der Waals surface area (Å²) in [7, 11) is 0. The van der Waals surface area contributed by atoms with Crippen LogP contribution in [0.15, 0.2) is 0 Å². The third-order valence-electron chi connectivity index (χ3n) is 0.658. The molecule has 0 atom stereocenters. The molecule has 0 aliphatic rings. The van der Waals surface area contributed by atoms with Gasteiger partial charge in [-0.3, -0.25) is 0 Å². The number of hydrogen-bond acceptors (Lipinski definition) is 4. The van der Waals surface area contributed by atoms with Gasteiger partial charge < -0.3 is 0 Å². The third-order valence-corrected chi connectivity index (χ3v) is 4.99. The molecule has 0 radical (unpaired) electrons. The molecule has 7 heteroatoms. The second kappa shape index (κ2) is 7.48. The Kier molecular flexibility index (Phi) is 8.05. The molecule has 4 nitrogen and oxygen atoms in total. The zero-order chi connectivity index (χ0) is 8.69. The fourth-order valence-electron chi connectivity index (χ4n) is 0.238.